The Labute approximate surface area is 164 Å². The maximum Gasteiger partial charge on any atom is 0.331 e. The molecule has 0 aromatic heterocycles. The Hall–Kier alpha value is -2.21. The largest absolute Gasteiger partial charge is 0.454 e. The average Bonchev–Trinajstić information content (AvgIpc) is 3.13. The molecule has 0 atom stereocenters. The van der Waals surface area contributed by atoms with Crippen molar-refractivity contribution < 1.29 is 23.8 Å². The Morgan fingerprint density at radius 1 is 1.26 bits per heavy atom. The summed E-state index contributed by atoms with van der Waals surface area (Å²) in [7, 11) is 1.78. The highest BCUT2D eigenvalue weighted by molar-refractivity contribution is 6.32. The summed E-state index contributed by atoms with van der Waals surface area (Å²) in [5, 5.41) is 0.414. The smallest absolute Gasteiger partial charge is 0.331 e. The number of carbonyl (C=O) groups excluding carboxylic acids is 2. The highest BCUT2D eigenvalue weighted by atomic mass is 35.5. The fourth-order valence-electron chi connectivity index (χ4n) is 3.36. The molecule has 1 saturated carbocycles. The van der Waals surface area contributed by atoms with Gasteiger partial charge in [0.25, 0.3) is 5.91 Å². The molecule has 27 heavy (non-hydrogen) atoms. The van der Waals surface area contributed by atoms with Gasteiger partial charge in [-0.15, -0.1) is 0 Å². The minimum Gasteiger partial charge on any atom is -0.454 e. The van der Waals surface area contributed by atoms with Crippen LogP contribution in [-0.2, 0) is 14.3 Å². The lowest BCUT2D eigenvalue weighted by Crippen LogP contribution is -2.41. The van der Waals surface area contributed by atoms with Gasteiger partial charge in [-0.1, -0.05) is 18.5 Å². The monoisotopic (exact) mass is 393 g/mol. The van der Waals surface area contributed by atoms with Crippen LogP contribution in [0.25, 0.3) is 6.08 Å². The van der Waals surface area contributed by atoms with Crippen molar-refractivity contribution in [1.82, 2.24) is 4.90 Å². The van der Waals surface area contributed by atoms with Crippen molar-refractivity contribution in [3.63, 3.8) is 0 Å². The summed E-state index contributed by atoms with van der Waals surface area (Å²) >= 11 is 6.11. The predicted octanol–water partition coefficient (Wildman–Crippen LogP) is 3.66. The molecule has 3 rings (SSSR count). The van der Waals surface area contributed by atoms with Crippen LogP contribution in [0.4, 0.5) is 0 Å². The Morgan fingerprint density at radius 3 is 2.74 bits per heavy atom. The fraction of sp³-hybridized carbons (Fsp3) is 0.500. The van der Waals surface area contributed by atoms with E-state index in [1.807, 2.05) is 0 Å². The van der Waals surface area contributed by atoms with Crippen LogP contribution >= 0.6 is 11.6 Å². The van der Waals surface area contributed by atoms with Crippen LogP contribution in [0.1, 0.15) is 38.2 Å². The van der Waals surface area contributed by atoms with E-state index in [-0.39, 0.29) is 25.3 Å². The highest BCUT2D eigenvalue weighted by Crippen LogP contribution is 2.40. The molecule has 0 unspecified atom stereocenters. The van der Waals surface area contributed by atoms with Gasteiger partial charge >= 0.3 is 5.97 Å². The summed E-state index contributed by atoms with van der Waals surface area (Å²) in [5.74, 6) is 0.999. The van der Waals surface area contributed by atoms with E-state index in [4.69, 9.17) is 25.8 Å². The molecule has 0 bridgehead atoms. The number of hydrogen-bond donors (Lipinski definition) is 0. The van der Waals surface area contributed by atoms with Crippen molar-refractivity contribution in [1.29, 1.82) is 0 Å². The lowest BCUT2D eigenvalue weighted by molar-refractivity contribution is -0.148. The van der Waals surface area contributed by atoms with Crippen LogP contribution in [0.15, 0.2) is 18.2 Å². The molecule has 1 amide bonds. The van der Waals surface area contributed by atoms with E-state index in [9.17, 15) is 9.59 Å². The van der Waals surface area contributed by atoms with E-state index < -0.39 is 5.97 Å². The molecule has 146 valence electrons. The molecule has 7 heteroatoms. The number of halogens is 1. The Kier molecular flexibility index (Phi) is 6.26. The Balaban J connectivity index is 1.48. The van der Waals surface area contributed by atoms with Crippen molar-refractivity contribution >= 4 is 29.6 Å². The predicted molar refractivity (Wildman–Crippen MR) is 102 cm³/mol. The van der Waals surface area contributed by atoms with E-state index >= 15 is 0 Å². The number of esters is 1. The van der Waals surface area contributed by atoms with Crippen LogP contribution in [0.5, 0.6) is 11.5 Å². The number of amides is 1. The summed E-state index contributed by atoms with van der Waals surface area (Å²) in [5.41, 5.74) is 0.681. The first-order valence-electron chi connectivity index (χ1n) is 9.13. The molecule has 0 radical (unpaired) electrons. The molecule has 0 spiro atoms. The van der Waals surface area contributed by atoms with Crippen LogP contribution in [0, 0.1) is 5.92 Å². The first kappa shape index (κ1) is 19.5. The molecule has 1 aromatic rings. The Morgan fingerprint density at radius 2 is 2.00 bits per heavy atom. The number of hydrogen-bond acceptors (Lipinski definition) is 5. The zero-order chi connectivity index (χ0) is 19.4. The van der Waals surface area contributed by atoms with Gasteiger partial charge in [-0.25, -0.2) is 4.79 Å². The molecule has 1 aliphatic carbocycles. The molecule has 2 aliphatic rings. The SMILES string of the molecule is CC1CCC(N(C)C(=O)COC(=O)/C=C/c2cc(Cl)c3c(c2)OCO3)CC1. The maximum absolute atomic E-state index is 12.3. The summed E-state index contributed by atoms with van der Waals surface area (Å²) in [6, 6.07) is 3.63. The molecule has 1 aromatic carbocycles. The minimum atomic E-state index is -0.581. The number of likely N-dealkylation sites (N-methyl/N-ethyl adjacent to an activating group) is 1. The summed E-state index contributed by atoms with van der Waals surface area (Å²) in [6.45, 7) is 2.10. The molecular formula is C20H24ClNO5. The number of rotatable bonds is 5. The van der Waals surface area contributed by atoms with E-state index in [0.717, 1.165) is 31.6 Å². The number of fused-ring (bicyclic) bond motifs is 1. The first-order valence-corrected chi connectivity index (χ1v) is 9.51. The van der Waals surface area contributed by atoms with E-state index in [1.54, 1.807) is 30.2 Å². The van der Waals surface area contributed by atoms with Crippen LogP contribution < -0.4 is 9.47 Å². The molecule has 0 N–H and O–H groups in total. The molecule has 6 nitrogen and oxygen atoms in total. The van der Waals surface area contributed by atoms with Gasteiger partial charge in [-0.2, -0.15) is 0 Å². The zero-order valence-electron chi connectivity index (χ0n) is 15.6. The normalized spacial score (nSPS) is 21.3. The lowest BCUT2D eigenvalue weighted by atomic mass is 9.87. The molecule has 1 fully saturated rings. The lowest BCUT2D eigenvalue weighted by Gasteiger charge is -2.33. The molecule has 1 heterocycles. The van der Waals surface area contributed by atoms with Gasteiger partial charge in [-0.05, 0) is 55.4 Å². The van der Waals surface area contributed by atoms with E-state index in [0.29, 0.717) is 22.1 Å². The van der Waals surface area contributed by atoms with E-state index in [1.165, 1.54) is 6.08 Å². The molecule has 1 aliphatic heterocycles. The third-order valence-corrected chi connectivity index (χ3v) is 5.41. The fourth-order valence-corrected chi connectivity index (χ4v) is 3.64. The van der Waals surface area contributed by atoms with Gasteiger partial charge < -0.3 is 19.1 Å². The van der Waals surface area contributed by atoms with Crippen LogP contribution in [0.2, 0.25) is 5.02 Å². The molecule has 0 saturated heterocycles. The topological polar surface area (TPSA) is 65.1 Å². The standard InChI is InChI=1S/C20H24ClNO5/c1-13-3-6-15(7-4-13)22(2)18(23)11-25-19(24)8-5-14-9-16(21)20-17(10-14)26-12-27-20/h5,8-10,13,15H,3-4,6-7,11-12H2,1-2H3/b8-5+. The molecular weight excluding hydrogens is 370 g/mol. The Bertz CT molecular complexity index is 740. The maximum atomic E-state index is 12.3. The number of ether oxygens (including phenoxy) is 3. The summed E-state index contributed by atoms with van der Waals surface area (Å²) in [4.78, 5) is 25.9. The zero-order valence-corrected chi connectivity index (χ0v) is 16.3. The average molecular weight is 394 g/mol. The second-order valence-corrected chi connectivity index (χ2v) is 7.50. The quantitative estimate of drug-likeness (QED) is 0.564. The van der Waals surface area contributed by atoms with Gasteiger partial charge in [0.2, 0.25) is 6.79 Å². The van der Waals surface area contributed by atoms with Gasteiger partial charge in [0, 0.05) is 19.2 Å². The van der Waals surface area contributed by atoms with Gasteiger partial charge in [0.05, 0.1) is 5.02 Å². The number of carbonyl (C=O) groups is 2. The van der Waals surface area contributed by atoms with Crippen molar-refractivity contribution in [2.24, 2.45) is 5.92 Å². The van der Waals surface area contributed by atoms with E-state index in [2.05, 4.69) is 6.92 Å². The number of benzene rings is 1. The third-order valence-electron chi connectivity index (χ3n) is 5.13. The summed E-state index contributed by atoms with van der Waals surface area (Å²) in [6.07, 6.45) is 7.09. The van der Waals surface area contributed by atoms with Crippen molar-refractivity contribution in [3.8, 4) is 11.5 Å². The second-order valence-electron chi connectivity index (χ2n) is 7.10. The summed E-state index contributed by atoms with van der Waals surface area (Å²) < 4.78 is 15.6. The first-order chi connectivity index (χ1) is 12.9. The van der Waals surface area contributed by atoms with Gasteiger partial charge in [0.1, 0.15) is 0 Å². The van der Waals surface area contributed by atoms with Gasteiger partial charge in [-0.3, -0.25) is 4.79 Å². The highest BCUT2D eigenvalue weighted by Gasteiger charge is 2.25. The van der Waals surface area contributed by atoms with Crippen LogP contribution in [0.3, 0.4) is 0 Å². The minimum absolute atomic E-state index is 0.125. The van der Waals surface area contributed by atoms with Crippen LogP contribution in [-0.4, -0.2) is 43.3 Å². The van der Waals surface area contributed by atoms with Crippen molar-refractivity contribution in [2.45, 2.75) is 38.6 Å². The second kappa shape index (κ2) is 8.65. The van der Waals surface area contributed by atoms with Gasteiger partial charge in [0.15, 0.2) is 18.1 Å². The third kappa shape index (κ3) is 4.95. The number of nitrogens with zero attached hydrogens (tertiary/aromatic N) is 1. The van der Waals surface area contributed by atoms with Crippen molar-refractivity contribution in [3.05, 3.63) is 28.8 Å². The van der Waals surface area contributed by atoms with Crippen molar-refractivity contribution in [2.75, 3.05) is 20.4 Å².